The third-order valence-electron chi connectivity index (χ3n) is 4.22. The van der Waals surface area contributed by atoms with Crippen molar-refractivity contribution in [2.24, 2.45) is 10.9 Å². The summed E-state index contributed by atoms with van der Waals surface area (Å²) in [7, 11) is 6.00. The minimum atomic E-state index is -0.292. The Balaban J connectivity index is 0.00000312. The highest BCUT2D eigenvalue weighted by Crippen LogP contribution is 2.34. The number of hydrogen-bond acceptors (Lipinski definition) is 3. The van der Waals surface area contributed by atoms with Gasteiger partial charge in [0.05, 0.1) is 6.54 Å². The van der Waals surface area contributed by atoms with Crippen LogP contribution in [0.1, 0.15) is 19.8 Å². The molecule has 2 unspecified atom stereocenters. The Kier molecular flexibility index (Phi) is 9.48. The van der Waals surface area contributed by atoms with Gasteiger partial charge in [-0.3, -0.25) is 4.99 Å². The van der Waals surface area contributed by atoms with Crippen LogP contribution in [0.25, 0.3) is 0 Å². The van der Waals surface area contributed by atoms with Gasteiger partial charge in [0.15, 0.2) is 5.96 Å². The summed E-state index contributed by atoms with van der Waals surface area (Å²) in [4.78, 5) is 6.52. The summed E-state index contributed by atoms with van der Waals surface area (Å²) < 4.78 is 18.9. The maximum absolute atomic E-state index is 13.2. The highest BCUT2D eigenvalue weighted by Gasteiger charge is 2.32. The second kappa shape index (κ2) is 10.8. The van der Waals surface area contributed by atoms with Crippen molar-refractivity contribution in [1.29, 1.82) is 0 Å². The van der Waals surface area contributed by atoms with E-state index in [1.165, 1.54) is 25.0 Å². The summed E-state index contributed by atoms with van der Waals surface area (Å²) in [5, 5.41) is 6.64. The molecule has 2 atom stereocenters. The Labute approximate surface area is 167 Å². The van der Waals surface area contributed by atoms with E-state index < -0.39 is 0 Å². The zero-order chi connectivity index (χ0) is 17.5. The molecule has 1 aliphatic rings. The Morgan fingerprint density at radius 3 is 2.56 bits per heavy atom. The first-order valence-electron chi connectivity index (χ1n) is 8.52. The van der Waals surface area contributed by atoms with E-state index in [4.69, 9.17) is 4.74 Å². The molecule has 1 aliphatic carbocycles. The van der Waals surface area contributed by atoms with Crippen molar-refractivity contribution >= 4 is 29.9 Å². The van der Waals surface area contributed by atoms with Crippen LogP contribution in [0.2, 0.25) is 0 Å². The van der Waals surface area contributed by atoms with Gasteiger partial charge in [-0.05, 0) is 51.9 Å². The summed E-state index contributed by atoms with van der Waals surface area (Å²) in [6, 6.07) is 6.72. The quantitative estimate of drug-likeness (QED) is 0.353. The maximum atomic E-state index is 13.2. The van der Waals surface area contributed by atoms with Gasteiger partial charge in [0.2, 0.25) is 0 Å². The lowest BCUT2D eigenvalue weighted by Gasteiger charge is -2.25. The number of hydrogen-bond donors (Lipinski definition) is 2. The lowest BCUT2D eigenvalue weighted by Crippen LogP contribution is -2.47. The van der Waals surface area contributed by atoms with Gasteiger partial charge in [-0.15, -0.1) is 24.0 Å². The molecule has 2 rings (SSSR count). The Bertz CT molecular complexity index is 550. The average molecular weight is 464 g/mol. The highest BCUT2D eigenvalue weighted by atomic mass is 127. The molecule has 0 heterocycles. The molecule has 1 saturated carbocycles. The zero-order valence-corrected chi connectivity index (χ0v) is 17.8. The van der Waals surface area contributed by atoms with E-state index in [-0.39, 0.29) is 35.9 Å². The fraction of sp³-hybridized carbons (Fsp3) is 0.611. The molecule has 7 heteroatoms. The van der Waals surface area contributed by atoms with E-state index >= 15 is 0 Å². The largest absolute Gasteiger partial charge is 0.489 e. The summed E-state index contributed by atoms with van der Waals surface area (Å²) in [5.74, 6) is 1.80. The number of nitrogens with one attached hydrogen (secondary N) is 2. The van der Waals surface area contributed by atoms with Crippen LogP contribution < -0.4 is 15.4 Å². The molecule has 142 valence electrons. The normalized spacial score (nSPS) is 16.8. The van der Waals surface area contributed by atoms with E-state index in [9.17, 15) is 4.39 Å². The minimum Gasteiger partial charge on any atom is -0.489 e. The number of rotatable bonds is 8. The van der Waals surface area contributed by atoms with E-state index in [1.54, 1.807) is 19.2 Å². The number of halogens is 2. The van der Waals surface area contributed by atoms with E-state index in [0.29, 0.717) is 18.3 Å². The van der Waals surface area contributed by atoms with Crippen molar-refractivity contribution in [1.82, 2.24) is 15.5 Å². The lowest BCUT2D eigenvalue weighted by molar-refractivity contribution is 0.222. The summed E-state index contributed by atoms with van der Waals surface area (Å²) >= 11 is 0. The van der Waals surface area contributed by atoms with Gasteiger partial charge in [0, 0.05) is 25.7 Å². The van der Waals surface area contributed by atoms with Crippen LogP contribution in [0, 0.1) is 11.7 Å². The molecule has 0 radical (unpaired) electrons. The number of nitrogens with zero attached hydrogens (tertiary/aromatic N) is 2. The SMILES string of the molecule is CN=C(NCC(C)Oc1cccc(F)c1)NCC(C1CC1)N(C)C.I. The van der Waals surface area contributed by atoms with Crippen LogP contribution in [-0.4, -0.2) is 57.2 Å². The number of aliphatic imine (C=N–C) groups is 1. The number of guanidine groups is 1. The van der Waals surface area contributed by atoms with Crippen LogP contribution >= 0.6 is 24.0 Å². The number of ether oxygens (including phenoxy) is 1. The molecule has 5 nitrogen and oxygen atoms in total. The van der Waals surface area contributed by atoms with E-state index in [2.05, 4.69) is 34.6 Å². The van der Waals surface area contributed by atoms with Gasteiger partial charge in [0.1, 0.15) is 17.7 Å². The third kappa shape index (κ3) is 7.77. The fourth-order valence-corrected chi connectivity index (χ4v) is 2.73. The molecule has 1 aromatic carbocycles. The molecule has 0 spiro atoms. The number of benzene rings is 1. The van der Waals surface area contributed by atoms with Crippen LogP contribution in [0.4, 0.5) is 4.39 Å². The van der Waals surface area contributed by atoms with Gasteiger partial charge in [-0.25, -0.2) is 4.39 Å². The van der Waals surface area contributed by atoms with Crippen LogP contribution in [0.15, 0.2) is 29.3 Å². The first-order chi connectivity index (χ1) is 11.5. The van der Waals surface area contributed by atoms with Crippen molar-refractivity contribution < 1.29 is 9.13 Å². The lowest BCUT2D eigenvalue weighted by atomic mass is 10.1. The summed E-state index contributed by atoms with van der Waals surface area (Å²) in [5.41, 5.74) is 0. The molecular formula is C18H30FIN4O. The van der Waals surface area contributed by atoms with E-state index in [1.807, 2.05) is 6.92 Å². The van der Waals surface area contributed by atoms with Crippen LogP contribution in [0.3, 0.4) is 0 Å². The van der Waals surface area contributed by atoms with Crippen LogP contribution in [-0.2, 0) is 0 Å². The topological polar surface area (TPSA) is 48.9 Å². The Hall–Kier alpha value is -1.09. The molecule has 0 saturated heterocycles. The standard InChI is InChI=1S/C18H29FN4O.HI/c1-13(24-16-7-5-6-15(19)10-16)11-21-18(20-2)22-12-17(23(3)4)14-8-9-14;/h5-7,10,13-14,17H,8-9,11-12H2,1-4H3,(H2,20,21,22);1H. The van der Waals surface area contributed by atoms with Crippen molar-refractivity contribution in [2.45, 2.75) is 31.9 Å². The molecule has 1 aromatic rings. The smallest absolute Gasteiger partial charge is 0.191 e. The molecule has 25 heavy (non-hydrogen) atoms. The monoisotopic (exact) mass is 464 g/mol. The predicted molar refractivity (Wildman–Crippen MR) is 111 cm³/mol. The third-order valence-corrected chi connectivity index (χ3v) is 4.22. The van der Waals surface area contributed by atoms with Gasteiger partial charge in [-0.1, -0.05) is 6.07 Å². The molecule has 0 aromatic heterocycles. The molecule has 1 fully saturated rings. The van der Waals surface area contributed by atoms with Gasteiger partial charge in [-0.2, -0.15) is 0 Å². The van der Waals surface area contributed by atoms with Gasteiger partial charge < -0.3 is 20.3 Å². The van der Waals surface area contributed by atoms with Crippen LogP contribution in [0.5, 0.6) is 5.75 Å². The molecule has 2 N–H and O–H groups in total. The first kappa shape index (κ1) is 22.0. The van der Waals surface area contributed by atoms with Crippen molar-refractivity contribution in [3.8, 4) is 5.75 Å². The molecule has 0 amide bonds. The van der Waals surface area contributed by atoms with Crippen molar-refractivity contribution in [2.75, 3.05) is 34.2 Å². The Morgan fingerprint density at radius 1 is 1.32 bits per heavy atom. The average Bonchev–Trinajstić information content (AvgIpc) is 3.35. The second-order valence-corrected chi connectivity index (χ2v) is 6.59. The molecule has 0 bridgehead atoms. The fourth-order valence-electron chi connectivity index (χ4n) is 2.73. The molecular weight excluding hydrogens is 434 g/mol. The second-order valence-electron chi connectivity index (χ2n) is 6.59. The van der Waals surface area contributed by atoms with Crippen molar-refractivity contribution in [3.05, 3.63) is 30.1 Å². The van der Waals surface area contributed by atoms with Gasteiger partial charge >= 0.3 is 0 Å². The molecule has 0 aliphatic heterocycles. The zero-order valence-electron chi connectivity index (χ0n) is 15.5. The maximum Gasteiger partial charge on any atom is 0.191 e. The first-order valence-corrected chi connectivity index (χ1v) is 8.52. The predicted octanol–water partition coefficient (Wildman–Crippen LogP) is 2.72. The number of likely N-dealkylation sites (N-methyl/N-ethyl adjacent to an activating group) is 1. The van der Waals surface area contributed by atoms with E-state index in [0.717, 1.165) is 18.4 Å². The summed E-state index contributed by atoms with van der Waals surface area (Å²) in [6.45, 7) is 3.40. The minimum absolute atomic E-state index is 0. The van der Waals surface area contributed by atoms with Crippen molar-refractivity contribution in [3.63, 3.8) is 0 Å². The highest BCUT2D eigenvalue weighted by molar-refractivity contribution is 14.0. The van der Waals surface area contributed by atoms with Gasteiger partial charge in [0.25, 0.3) is 0 Å². The summed E-state index contributed by atoms with van der Waals surface area (Å²) in [6.07, 6.45) is 2.53. The Morgan fingerprint density at radius 2 is 2.00 bits per heavy atom.